The summed E-state index contributed by atoms with van der Waals surface area (Å²) in [6.07, 6.45) is 1.73. The van der Waals surface area contributed by atoms with Gasteiger partial charge in [-0.3, -0.25) is 5.32 Å². The first kappa shape index (κ1) is 14.3. The molecule has 0 aliphatic rings. The molecule has 3 nitrogen and oxygen atoms in total. The first-order valence-electron chi connectivity index (χ1n) is 6.56. The molecule has 1 atom stereocenters. The van der Waals surface area contributed by atoms with Crippen LogP contribution in [0.15, 0.2) is 55.1 Å². The predicted octanol–water partition coefficient (Wildman–Crippen LogP) is 3.00. The van der Waals surface area contributed by atoms with E-state index in [1.165, 1.54) is 7.11 Å². The molecule has 0 aliphatic heterocycles. The van der Waals surface area contributed by atoms with E-state index in [1.54, 1.807) is 6.08 Å². The molecule has 1 unspecified atom stereocenters. The summed E-state index contributed by atoms with van der Waals surface area (Å²) in [5.41, 5.74) is 0.00775. The van der Waals surface area contributed by atoms with Crippen LogP contribution < -0.4 is 5.32 Å². The fourth-order valence-electron chi connectivity index (χ4n) is 2.42. The lowest BCUT2D eigenvalue weighted by Crippen LogP contribution is -2.47. The summed E-state index contributed by atoms with van der Waals surface area (Å²) >= 11 is 0. The van der Waals surface area contributed by atoms with Gasteiger partial charge in [0.05, 0.1) is 7.11 Å². The molecule has 0 spiro atoms. The Balaban J connectivity index is 2.62. The van der Waals surface area contributed by atoms with Crippen molar-refractivity contribution in [2.75, 3.05) is 13.7 Å². The molecule has 0 amide bonds. The average Bonchev–Trinajstić information content (AvgIpc) is 2.51. The van der Waals surface area contributed by atoms with E-state index in [0.717, 1.165) is 16.3 Å². The zero-order chi connectivity index (χ0) is 14.6. The van der Waals surface area contributed by atoms with E-state index in [1.807, 2.05) is 49.4 Å². The third-order valence-corrected chi connectivity index (χ3v) is 3.52. The first-order valence-corrected chi connectivity index (χ1v) is 6.56. The molecule has 0 saturated heterocycles. The van der Waals surface area contributed by atoms with E-state index in [4.69, 9.17) is 4.74 Å². The molecule has 0 bridgehead atoms. The number of carbonyl (C=O) groups is 1. The van der Waals surface area contributed by atoms with Crippen LogP contribution in [0.4, 0.5) is 0 Å². The monoisotopic (exact) mass is 269 g/mol. The molecule has 2 aromatic carbocycles. The Labute approximate surface area is 119 Å². The zero-order valence-electron chi connectivity index (χ0n) is 11.8. The number of hydrogen-bond acceptors (Lipinski definition) is 3. The van der Waals surface area contributed by atoms with E-state index in [2.05, 4.69) is 11.9 Å². The molecule has 2 rings (SSSR count). The van der Waals surface area contributed by atoms with Gasteiger partial charge < -0.3 is 4.74 Å². The Kier molecular flexibility index (Phi) is 4.20. The van der Waals surface area contributed by atoms with Gasteiger partial charge in [-0.05, 0) is 23.3 Å². The number of carbonyl (C=O) groups excluding carboxylic acids is 1. The van der Waals surface area contributed by atoms with Gasteiger partial charge in [0.2, 0.25) is 0 Å². The minimum Gasteiger partial charge on any atom is -0.467 e. The van der Waals surface area contributed by atoms with Crippen molar-refractivity contribution in [1.29, 1.82) is 0 Å². The lowest BCUT2D eigenvalue weighted by Gasteiger charge is -2.29. The Morgan fingerprint density at radius 1 is 1.30 bits per heavy atom. The fourth-order valence-corrected chi connectivity index (χ4v) is 2.42. The molecule has 0 aliphatic carbocycles. The standard InChI is InChI=1S/C17H19NO2/c1-4-12-18-17(2,16(19)20-3)15-11-7-9-13-8-5-6-10-14(13)15/h4-11,18H,1,12H2,2-3H3. The van der Waals surface area contributed by atoms with Crippen molar-refractivity contribution in [2.45, 2.75) is 12.5 Å². The highest BCUT2D eigenvalue weighted by molar-refractivity contribution is 5.93. The van der Waals surface area contributed by atoms with Crippen LogP contribution in [0.2, 0.25) is 0 Å². The maximum absolute atomic E-state index is 12.3. The maximum atomic E-state index is 12.3. The third kappa shape index (κ3) is 2.45. The summed E-state index contributed by atoms with van der Waals surface area (Å²) in [5.74, 6) is -0.310. The van der Waals surface area contributed by atoms with Crippen LogP contribution in [0.3, 0.4) is 0 Å². The smallest absolute Gasteiger partial charge is 0.330 e. The van der Waals surface area contributed by atoms with Gasteiger partial charge in [0, 0.05) is 6.54 Å². The van der Waals surface area contributed by atoms with Crippen LogP contribution in [-0.2, 0) is 15.1 Å². The second-order valence-electron chi connectivity index (χ2n) is 4.81. The van der Waals surface area contributed by atoms with Crippen LogP contribution in [0.25, 0.3) is 10.8 Å². The molecule has 0 radical (unpaired) electrons. The maximum Gasteiger partial charge on any atom is 0.330 e. The molecule has 20 heavy (non-hydrogen) atoms. The Bertz CT molecular complexity index is 630. The van der Waals surface area contributed by atoms with Crippen LogP contribution in [0.1, 0.15) is 12.5 Å². The molecule has 0 heterocycles. The van der Waals surface area contributed by atoms with E-state index < -0.39 is 5.54 Å². The quantitative estimate of drug-likeness (QED) is 0.670. The summed E-state index contributed by atoms with van der Waals surface area (Å²) in [4.78, 5) is 12.3. The Morgan fingerprint density at radius 3 is 2.70 bits per heavy atom. The molecule has 104 valence electrons. The van der Waals surface area contributed by atoms with Gasteiger partial charge in [-0.2, -0.15) is 0 Å². The second-order valence-corrected chi connectivity index (χ2v) is 4.81. The van der Waals surface area contributed by atoms with Crippen molar-refractivity contribution in [3.05, 3.63) is 60.7 Å². The van der Waals surface area contributed by atoms with Crippen LogP contribution >= 0.6 is 0 Å². The SMILES string of the molecule is C=CCNC(C)(C(=O)OC)c1cccc2ccccc12. The predicted molar refractivity (Wildman–Crippen MR) is 81.5 cm³/mol. The minimum absolute atomic E-state index is 0.310. The lowest BCUT2D eigenvalue weighted by molar-refractivity contribution is -0.148. The van der Waals surface area contributed by atoms with E-state index in [-0.39, 0.29) is 5.97 Å². The van der Waals surface area contributed by atoms with E-state index in [0.29, 0.717) is 6.54 Å². The normalized spacial score (nSPS) is 13.7. The fraction of sp³-hybridized carbons (Fsp3) is 0.235. The second kappa shape index (κ2) is 5.88. The van der Waals surface area contributed by atoms with Crippen LogP contribution in [0.5, 0.6) is 0 Å². The van der Waals surface area contributed by atoms with Gasteiger partial charge in [-0.1, -0.05) is 48.5 Å². The molecule has 1 N–H and O–H groups in total. The summed E-state index contributed by atoms with van der Waals surface area (Å²) in [7, 11) is 1.40. The van der Waals surface area contributed by atoms with Crippen molar-refractivity contribution in [2.24, 2.45) is 0 Å². The van der Waals surface area contributed by atoms with Gasteiger partial charge >= 0.3 is 5.97 Å². The van der Waals surface area contributed by atoms with Gasteiger partial charge in [0.25, 0.3) is 0 Å². The molecular formula is C17H19NO2. The summed E-state index contributed by atoms with van der Waals surface area (Å²) in [5, 5.41) is 5.35. The molecule has 3 heteroatoms. The topological polar surface area (TPSA) is 38.3 Å². The molecule has 0 saturated carbocycles. The lowest BCUT2D eigenvalue weighted by atomic mass is 9.87. The van der Waals surface area contributed by atoms with Crippen molar-refractivity contribution >= 4 is 16.7 Å². The number of esters is 1. The highest BCUT2D eigenvalue weighted by atomic mass is 16.5. The van der Waals surface area contributed by atoms with Gasteiger partial charge in [-0.15, -0.1) is 6.58 Å². The Morgan fingerprint density at radius 2 is 2.00 bits per heavy atom. The third-order valence-electron chi connectivity index (χ3n) is 3.52. The highest BCUT2D eigenvalue weighted by Crippen LogP contribution is 2.29. The number of benzene rings is 2. The van der Waals surface area contributed by atoms with Crippen molar-refractivity contribution in [1.82, 2.24) is 5.32 Å². The molecule has 0 fully saturated rings. The molecule has 0 aromatic heterocycles. The molecular weight excluding hydrogens is 250 g/mol. The van der Waals surface area contributed by atoms with Crippen LogP contribution in [-0.4, -0.2) is 19.6 Å². The number of nitrogens with one attached hydrogen (secondary N) is 1. The van der Waals surface area contributed by atoms with E-state index in [9.17, 15) is 4.79 Å². The summed E-state index contributed by atoms with van der Waals surface area (Å²) < 4.78 is 4.98. The van der Waals surface area contributed by atoms with Crippen molar-refractivity contribution < 1.29 is 9.53 Å². The Hall–Kier alpha value is -2.13. The zero-order valence-corrected chi connectivity index (χ0v) is 11.8. The first-order chi connectivity index (χ1) is 9.63. The summed E-state index contributed by atoms with van der Waals surface area (Å²) in [6, 6.07) is 13.9. The summed E-state index contributed by atoms with van der Waals surface area (Å²) in [6.45, 7) is 6.05. The number of rotatable bonds is 5. The van der Waals surface area contributed by atoms with Gasteiger partial charge in [0.1, 0.15) is 5.54 Å². The van der Waals surface area contributed by atoms with Gasteiger partial charge in [0.15, 0.2) is 0 Å². The number of fused-ring (bicyclic) bond motifs is 1. The van der Waals surface area contributed by atoms with Crippen LogP contribution in [0, 0.1) is 0 Å². The van der Waals surface area contributed by atoms with Gasteiger partial charge in [-0.25, -0.2) is 4.79 Å². The number of methoxy groups -OCH3 is 1. The average molecular weight is 269 g/mol. The van der Waals surface area contributed by atoms with E-state index >= 15 is 0 Å². The number of ether oxygens (including phenoxy) is 1. The largest absolute Gasteiger partial charge is 0.467 e. The molecule has 2 aromatic rings. The van der Waals surface area contributed by atoms with Crippen molar-refractivity contribution in [3.63, 3.8) is 0 Å². The highest BCUT2D eigenvalue weighted by Gasteiger charge is 2.36. The number of hydrogen-bond donors (Lipinski definition) is 1. The van der Waals surface area contributed by atoms with Crippen molar-refractivity contribution in [3.8, 4) is 0 Å². The minimum atomic E-state index is -0.899.